The van der Waals surface area contributed by atoms with Crippen molar-refractivity contribution in [2.24, 2.45) is 12.5 Å². The van der Waals surface area contributed by atoms with E-state index in [4.69, 9.17) is 4.74 Å². The number of ether oxygens (including phenoxy) is 1. The maximum absolute atomic E-state index is 14.7. The van der Waals surface area contributed by atoms with E-state index in [2.05, 4.69) is 0 Å². The summed E-state index contributed by atoms with van der Waals surface area (Å²) < 4.78 is 133. The number of aromatic nitrogens is 1. The molecule has 6 rings (SSSR count). The number of nitrogens with one attached hydrogen (secondary N) is 1. The number of piperidine rings is 1. The van der Waals surface area contributed by atoms with Crippen LogP contribution in [-0.4, -0.2) is 76.7 Å². The number of alkyl halides is 9. The molecular formula is C36H32F9N3O5. The minimum atomic E-state index is -5.15. The molecule has 0 radical (unpaired) electrons. The van der Waals surface area contributed by atoms with E-state index < -0.39 is 109 Å². The van der Waals surface area contributed by atoms with Crippen LogP contribution in [0.25, 0.3) is 32.8 Å². The summed E-state index contributed by atoms with van der Waals surface area (Å²) in [5, 5.41) is 12.2. The molecule has 2 saturated heterocycles. The highest BCUT2D eigenvalue weighted by Gasteiger charge is 2.62. The van der Waals surface area contributed by atoms with Crippen LogP contribution >= 0.6 is 0 Å². The van der Waals surface area contributed by atoms with E-state index in [0.29, 0.717) is 0 Å². The quantitative estimate of drug-likeness (QED) is 0.200. The predicted octanol–water partition coefficient (Wildman–Crippen LogP) is 6.85. The summed E-state index contributed by atoms with van der Waals surface area (Å²) in [6.07, 6.45) is -19.6. The van der Waals surface area contributed by atoms with Crippen molar-refractivity contribution in [2.45, 2.75) is 62.4 Å². The van der Waals surface area contributed by atoms with Crippen LogP contribution in [0.3, 0.4) is 0 Å². The maximum atomic E-state index is 14.7. The number of carboxylic acid groups (broad SMARTS) is 1. The molecule has 4 aromatic rings. The third-order valence-corrected chi connectivity index (χ3v) is 10.4. The number of rotatable bonds is 7. The second-order valence-corrected chi connectivity index (χ2v) is 13.4. The molecule has 17 heteroatoms. The lowest BCUT2D eigenvalue weighted by Crippen LogP contribution is -2.60. The summed E-state index contributed by atoms with van der Waals surface area (Å²) in [7, 11) is 1.33. The lowest BCUT2D eigenvalue weighted by molar-refractivity contribution is -0.234. The second-order valence-electron chi connectivity index (χ2n) is 13.4. The zero-order valence-electron chi connectivity index (χ0n) is 27.8. The summed E-state index contributed by atoms with van der Waals surface area (Å²) in [5.74, 6) is -3.31. The van der Waals surface area contributed by atoms with Gasteiger partial charge in [-0.2, -0.15) is 39.5 Å². The van der Waals surface area contributed by atoms with Crippen LogP contribution in [0.15, 0.2) is 65.5 Å². The van der Waals surface area contributed by atoms with Crippen LogP contribution in [0.5, 0.6) is 0 Å². The minimum absolute atomic E-state index is 0.0412. The largest absolute Gasteiger partial charge is 0.480 e. The van der Waals surface area contributed by atoms with Gasteiger partial charge in [-0.1, -0.05) is 54.6 Å². The van der Waals surface area contributed by atoms with Crippen molar-refractivity contribution in [3.8, 4) is 11.1 Å². The molecule has 8 nitrogen and oxygen atoms in total. The molecule has 2 fully saturated rings. The molecule has 0 aliphatic carbocycles. The van der Waals surface area contributed by atoms with Gasteiger partial charge in [-0.05, 0) is 53.9 Å². The van der Waals surface area contributed by atoms with Crippen molar-refractivity contribution in [1.29, 1.82) is 0 Å². The summed E-state index contributed by atoms with van der Waals surface area (Å²) in [4.78, 5) is 40.9. The number of aliphatic carboxylic acids is 1. The number of aryl methyl sites for hydroxylation is 1. The van der Waals surface area contributed by atoms with Crippen LogP contribution in [0.1, 0.15) is 30.4 Å². The fourth-order valence-electron chi connectivity index (χ4n) is 7.53. The van der Waals surface area contributed by atoms with Crippen molar-refractivity contribution in [3.05, 3.63) is 82.1 Å². The third kappa shape index (κ3) is 6.96. The molecule has 0 spiro atoms. The Morgan fingerprint density at radius 1 is 0.906 bits per heavy atom. The van der Waals surface area contributed by atoms with Crippen molar-refractivity contribution >= 4 is 33.6 Å². The van der Waals surface area contributed by atoms with Gasteiger partial charge in [0.05, 0.1) is 23.3 Å². The third-order valence-electron chi connectivity index (χ3n) is 10.4. The average Bonchev–Trinajstić information content (AvgIpc) is 3.60. The zero-order chi connectivity index (χ0) is 38.7. The molecule has 0 saturated carbocycles. The Hall–Kier alpha value is -4.64. The van der Waals surface area contributed by atoms with Gasteiger partial charge in [0.25, 0.3) is 5.56 Å². The molecule has 53 heavy (non-hydrogen) atoms. The smallest absolute Gasteiger partial charge is 0.417 e. The van der Waals surface area contributed by atoms with E-state index >= 15 is 0 Å². The first-order valence-electron chi connectivity index (χ1n) is 16.5. The summed E-state index contributed by atoms with van der Waals surface area (Å²) >= 11 is 0. The molecule has 3 aromatic carbocycles. The van der Waals surface area contributed by atoms with Gasteiger partial charge >= 0.3 is 24.5 Å². The first kappa shape index (κ1) is 38.1. The van der Waals surface area contributed by atoms with Gasteiger partial charge in [-0.25, -0.2) is 4.79 Å². The highest BCUT2D eigenvalue weighted by molar-refractivity contribution is 6.02. The Morgan fingerprint density at radius 3 is 2.13 bits per heavy atom. The number of fused-ring (bicyclic) bond motifs is 2. The Labute approximate surface area is 295 Å². The van der Waals surface area contributed by atoms with E-state index in [1.54, 1.807) is 0 Å². The summed E-state index contributed by atoms with van der Waals surface area (Å²) in [5.41, 5.74) is -5.74. The Balaban J connectivity index is 1.31. The van der Waals surface area contributed by atoms with E-state index in [9.17, 15) is 59.0 Å². The standard InChI is InChI=1S/C36H32F9N3O5/c1-47-26-11-3-2-7-24(26)29(35(40,41)42)28(30(47)49)23-10-5-8-21-19(6-4-9-22(21)23)16-25(31(50)51)46-32(52)33(36(43,44)45)12-14-48(15-13-33)20-17-27(53-18-20)34(37,38)39/h2-11,20,25,27H,12-18H2,1H3,(H,46,52)(H,50,51)/t20?,25-,27?/m0/s1. The molecule has 284 valence electrons. The number of halogens is 9. The van der Waals surface area contributed by atoms with Gasteiger partial charge < -0.3 is 19.7 Å². The lowest BCUT2D eigenvalue weighted by atomic mass is 9.76. The highest BCUT2D eigenvalue weighted by atomic mass is 19.4. The molecule has 1 aromatic heterocycles. The molecular weight excluding hydrogens is 725 g/mol. The number of pyridine rings is 1. The first-order valence-corrected chi connectivity index (χ1v) is 16.5. The second kappa shape index (κ2) is 13.6. The normalized spacial score (nSPS) is 20.5. The number of hydrogen-bond donors (Lipinski definition) is 2. The van der Waals surface area contributed by atoms with E-state index in [0.717, 1.165) is 4.57 Å². The number of nitrogens with zero attached hydrogens (tertiary/aromatic N) is 2. The topological polar surface area (TPSA) is 101 Å². The Kier molecular flexibility index (Phi) is 9.81. The molecule has 0 bridgehead atoms. The van der Waals surface area contributed by atoms with Crippen LogP contribution in [-0.2, 0) is 34.0 Å². The van der Waals surface area contributed by atoms with Crippen LogP contribution < -0.4 is 10.9 Å². The van der Waals surface area contributed by atoms with E-state index in [1.807, 2.05) is 5.32 Å². The van der Waals surface area contributed by atoms with Gasteiger partial charge in [0.1, 0.15) is 11.5 Å². The molecule has 3 heterocycles. The maximum Gasteiger partial charge on any atom is 0.417 e. The number of likely N-dealkylation sites (tertiary alicyclic amines) is 1. The van der Waals surface area contributed by atoms with Crippen LogP contribution in [0, 0.1) is 5.41 Å². The number of benzene rings is 3. The molecule has 1 amide bonds. The predicted molar refractivity (Wildman–Crippen MR) is 174 cm³/mol. The van der Waals surface area contributed by atoms with Gasteiger partial charge in [0.15, 0.2) is 6.10 Å². The van der Waals surface area contributed by atoms with Crippen molar-refractivity contribution in [3.63, 3.8) is 0 Å². The minimum Gasteiger partial charge on any atom is -0.480 e. The summed E-state index contributed by atoms with van der Waals surface area (Å²) in [6, 6.07) is 11.1. The zero-order valence-corrected chi connectivity index (χ0v) is 27.8. The number of carbonyl (C=O) groups excluding carboxylic acids is 1. The molecule has 2 unspecified atom stereocenters. The monoisotopic (exact) mass is 757 g/mol. The number of amides is 1. The number of hydrogen-bond acceptors (Lipinski definition) is 5. The van der Waals surface area contributed by atoms with E-state index in [-0.39, 0.29) is 39.4 Å². The fraction of sp³-hybridized carbons (Fsp3) is 0.417. The average molecular weight is 758 g/mol. The van der Waals surface area contributed by atoms with Crippen molar-refractivity contribution in [2.75, 3.05) is 19.7 Å². The molecule has 2 aliphatic rings. The Bertz CT molecular complexity index is 2120. The molecule has 3 atom stereocenters. The SMILES string of the molecule is Cn1c(=O)c(-c2cccc3c(C[C@H](NC(=O)C4(C(F)(F)F)CCN(C5COC(C(F)(F)F)C5)CC4)C(=O)O)cccc23)c(C(F)(F)F)c2ccccc21. The van der Waals surface area contributed by atoms with Gasteiger partial charge in [-0.15, -0.1) is 0 Å². The van der Waals surface area contributed by atoms with Gasteiger partial charge in [0.2, 0.25) is 5.91 Å². The van der Waals surface area contributed by atoms with Gasteiger partial charge in [-0.3, -0.25) is 14.5 Å². The van der Waals surface area contributed by atoms with Crippen molar-refractivity contribution in [1.82, 2.24) is 14.8 Å². The van der Waals surface area contributed by atoms with E-state index in [1.165, 1.54) is 72.6 Å². The number of para-hydroxylation sites is 1. The number of carboxylic acids is 1. The van der Waals surface area contributed by atoms with Gasteiger partial charge in [0, 0.05) is 31.3 Å². The molecule has 2 N–H and O–H groups in total. The lowest BCUT2D eigenvalue weighted by Gasteiger charge is -2.43. The first-order chi connectivity index (χ1) is 24.7. The van der Waals surface area contributed by atoms with Crippen molar-refractivity contribution < 1.29 is 58.9 Å². The highest BCUT2D eigenvalue weighted by Crippen LogP contribution is 2.48. The summed E-state index contributed by atoms with van der Waals surface area (Å²) in [6.45, 7) is -1.15. The van der Waals surface area contributed by atoms with Crippen LogP contribution in [0.4, 0.5) is 39.5 Å². The Morgan fingerprint density at radius 2 is 1.53 bits per heavy atom. The molecule has 2 aliphatic heterocycles. The van der Waals surface area contributed by atoms with Crippen LogP contribution in [0.2, 0.25) is 0 Å². The number of carbonyl (C=O) groups is 2. The fourth-order valence-corrected chi connectivity index (χ4v) is 7.53.